The van der Waals surface area contributed by atoms with Crippen molar-refractivity contribution in [3.63, 3.8) is 0 Å². The summed E-state index contributed by atoms with van der Waals surface area (Å²) in [4.78, 5) is 37.8. The zero-order valence-corrected chi connectivity index (χ0v) is 13.1. The minimum Gasteiger partial charge on any atom is -0.274 e. The Morgan fingerprint density at radius 2 is 1.59 bits per heavy atom. The number of hydrogen-bond donors (Lipinski definition) is 0. The van der Waals surface area contributed by atoms with Crippen molar-refractivity contribution in [2.24, 2.45) is 0 Å². The normalized spacial score (nSPS) is 16.4. The number of benzene rings is 1. The Balaban J connectivity index is 2.37. The summed E-state index contributed by atoms with van der Waals surface area (Å²) in [7, 11) is -3.35. The van der Waals surface area contributed by atoms with Gasteiger partial charge >= 0.3 is 6.03 Å². The second kappa shape index (κ2) is 5.88. The van der Waals surface area contributed by atoms with E-state index in [1.165, 1.54) is 31.2 Å². The third-order valence-electron chi connectivity index (χ3n) is 3.43. The van der Waals surface area contributed by atoms with Gasteiger partial charge in [0.15, 0.2) is 9.84 Å². The van der Waals surface area contributed by atoms with Gasteiger partial charge in [0.05, 0.1) is 16.3 Å². The maximum atomic E-state index is 12.2. The van der Waals surface area contributed by atoms with Gasteiger partial charge < -0.3 is 0 Å². The average Bonchev–Trinajstić information content (AvgIpc) is 2.47. The standard InChI is InChI=1S/C14H16N2O5S/c1-3-15-12(17)9-13(18)16(14(15)19)10-5-7-11(8-6-10)22(20,21)4-2/h5-8H,3-4,9H2,1-2H3. The van der Waals surface area contributed by atoms with Gasteiger partial charge in [0.2, 0.25) is 11.8 Å². The summed E-state index contributed by atoms with van der Waals surface area (Å²) >= 11 is 0. The highest BCUT2D eigenvalue weighted by atomic mass is 32.2. The van der Waals surface area contributed by atoms with E-state index < -0.39 is 27.7 Å². The zero-order valence-electron chi connectivity index (χ0n) is 12.3. The number of hydrogen-bond acceptors (Lipinski definition) is 5. The van der Waals surface area contributed by atoms with Crippen molar-refractivity contribution >= 4 is 33.4 Å². The van der Waals surface area contributed by atoms with Crippen LogP contribution in [0.4, 0.5) is 10.5 Å². The number of carbonyl (C=O) groups excluding carboxylic acids is 3. The molecule has 1 aliphatic heterocycles. The van der Waals surface area contributed by atoms with Crippen LogP contribution in [-0.2, 0) is 19.4 Å². The Hall–Kier alpha value is -2.22. The molecule has 2 rings (SSSR count). The number of rotatable bonds is 4. The molecule has 22 heavy (non-hydrogen) atoms. The second-order valence-electron chi connectivity index (χ2n) is 4.72. The molecule has 1 aromatic rings. The molecule has 0 bridgehead atoms. The number of barbiturate groups is 1. The van der Waals surface area contributed by atoms with Crippen molar-refractivity contribution in [3.8, 4) is 0 Å². The third kappa shape index (κ3) is 2.74. The maximum Gasteiger partial charge on any atom is 0.338 e. The van der Waals surface area contributed by atoms with E-state index in [0.29, 0.717) is 0 Å². The fourth-order valence-electron chi connectivity index (χ4n) is 2.17. The molecule has 0 atom stereocenters. The van der Waals surface area contributed by atoms with Crippen LogP contribution < -0.4 is 4.90 Å². The molecule has 0 radical (unpaired) electrons. The van der Waals surface area contributed by atoms with Crippen LogP contribution >= 0.6 is 0 Å². The van der Waals surface area contributed by atoms with Crippen molar-refractivity contribution in [1.82, 2.24) is 4.90 Å². The van der Waals surface area contributed by atoms with Crippen molar-refractivity contribution in [2.45, 2.75) is 25.2 Å². The van der Waals surface area contributed by atoms with Gasteiger partial charge in [-0.1, -0.05) is 6.92 Å². The second-order valence-corrected chi connectivity index (χ2v) is 7.00. The van der Waals surface area contributed by atoms with Crippen LogP contribution in [0, 0.1) is 0 Å². The molecule has 7 nitrogen and oxygen atoms in total. The van der Waals surface area contributed by atoms with Crippen LogP contribution in [0.2, 0.25) is 0 Å². The van der Waals surface area contributed by atoms with Crippen molar-refractivity contribution in [2.75, 3.05) is 17.2 Å². The fraction of sp³-hybridized carbons (Fsp3) is 0.357. The number of urea groups is 1. The van der Waals surface area contributed by atoms with Gasteiger partial charge in [-0.2, -0.15) is 0 Å². The van der Waals surface area contributed by atoms with Gasteiger partial charge in [-0.3, -0.25) is 14.5 Å². The van der Waals surface area contributed by atoms with E-state index in [0.717, 1.165) is 9.80 Å². The highest BCUT2D eigenvalue weighted by molar-refractivity contribution is 7.91. The van der Waals surface area contributed by atoms with Crippen LogP contribution in [0.5, 0.6) is 0 Å². The number of amides is 4. The van der Waals surface area contributed by atoms with Gasteiger partial charge in [-0.15, -0.1) is 0 Å². The summed E-state index contributed by atoms with van der Waals surface area (Å²) in [6.07, 6.45) is -0.380. The van der Waals surface area contributed by atoms with Crippen LogP contribution in [0.15, 0.2) is 29.2 Å². The quantitative estimate of drug-likeness (QED) is 0.776. The highest BCUT2D eigenvalue weighted by Gasteiger charge is 2.37. The summed E-state index contributed by atoms with van der Waals surface area (Å²) in [5, 5.41) is 0. The molecule has 1 saturated heterocycles. The highest BCUT2D eigenvalue weighted by Crippen LogP contribution is 2.23. The number of carbonyl (C=O) groups is 3. The smallest absolute Gasteiger partial charge is 0.274 e. The van der Waals surface area contributed by atoms with Crippen LogP contribution in [0.3, 0.4) is 0 Å². The molecular weight excluding hydrogens is 308 g/mol. The molecule has 1 aromatic carbocycles. The van der Waals surface area contributed by atoms with Gasteiger partial charge in [-0.05, 0) is 31.2 Å². The van der Waals surface area contributed by atoms with E-state index >= 15 is 0 Å². The van der Waals surface area contributed by atoms with Crippen molar-refractivity contribution in [3.05, 3.63) is 24.3 Å². The number of anilines is 1. The third-order valence-corrected chi connectivity index (χ3v) is 5.18. The lowest BCUT2D eigenvalue weighted by atomic mass is 10.2. The first-order valence-electron chi connectivity index (χ1n) is 6.82. The first-order chi connectivity index (χ1) is 10.3. The topological polar surface area (TPSA) is 91.8 Å². The van der Waals surface area contributed by atoms with E-state index in [-0.39, 0.29) is 29.3 Å². The van der Waals surface area contributed by atoms with E-state index in [1.54, 1.807) is 6.92 Å². The minimum atomic E-state index is -3.35. The fourth-order valence-corrected chi connectivity index (χ4v) is 3.06. The van der Waals surface area contributed by atoms with E-state index in [4.69, 9.17) is 0 Å². The molecule has 1 fully saturated rings. The molecule has 118 valence electrons. The predicted molar refractivity (Wildman–Crippen MR) is 79.1 cm³/mol. The SMILES string of the molecule is CCN1C(=O)CC(=O)N(c2ccc(S(=O)(=O)CC)cc2)C1=O. The molecule has 0 spiro atoms. The molecule has 4 amide bonds. The molecule has 0 aromatic heterocycles. The Bertz CT molecular complexity index is 724. The van der Waals surface area contributed by atoms with Gasteiger partial charge in [0, 0.05) is 6.54 Å². The summed E-state index contributed by atoms with van der Waals surface area (Å²) in [5.74, 6) is -1.18. The molecule has 1 heterocycles. The summed E-state index contributed by atoms with van der Waals surface area (Å²) in [6.45, 7) is 3.34. The molecule has 0 N–H and O–H groups in total. The Morgan fingerprint density at radius 3 is 2.09 bits per heavy atom. The first-order valence-corrected chi connectivity index (χ1v) is 8.47. The first kappa shape index (κ1) is 16.2. The Kier molecular flexibility index (Phi) is 4.32. The predicted octanol–water partition coefficient (Wildman–Crippen LogP) is 1.19. The molecular formula is C14H16N2O5S. The molecule has 0 aliphatic carbocycles. The lowest BCUT2D eigenvalue weighted by Gasteiger charge is -2.31. The van der Waals surface area contributed by atoms with Gasteiger partial charge in [0.25, 0.3) is 0 Å². The van der Waals surface area contributed by atoms with E-state index in [9.17, 15) is 22.8 Å². The molecule has 0 saturated carbocycles. The summed E-state index contributed by atoms with van der Waals surface area (Å²) in [5.41, 5.74) is 0.246. The lowest BCUT2D eigenvalue weighted by molar-refractivity contribution is -0.134. The monoisotopic (exact) mass is 324 g/mol. The Morgan fingerprint density at radius 1 is 1.00 bits per heavy atom. The van der Waals surface area contributed by atoms with Crippen LogP contribution in [0.1, 0.15) is 20.3 Å². The minimum absolute atomic E-state index is 0.0357. The Labute approximate surface area is 128 Å². The largest absolute Gasteiger partial charge is 0.338 e. The number of imide groups is 2. The maximum absolute atomic E-state index is 12.2. The van der Waals surface area contributed by atoms with Gasteiger partial charge in [0.1, 0.15) is 6.42 Å². The van der Waals surface area contributed by atoms with Crippen molar-refractivity contribution < 1.29 is 22.8 Å². The van der Waals surface area contributed by atoms with E-state index in [1.807, 2.05) is 0 Å². The molecule has 0 unspecified atom stereocenters. The summed E-state index contributed by atoms with van der Waals surface area (Å²) in [6, 6.07) is 4.77. The number of sulfone groups is 1. The molecule has 8 heteroatoms. The van der Waals surface area contributed by atoms with Crippen molar-refractivity contribution in [1.29, 1.82) is 0 Å². The average molecular weight is 324 g/mol. The van der Waals surface area contributed by atoms with E-state index in [2.05, 4.69) is 0 Å². The molecule has 1 aliphatic rings. The van der Waals surface area contributed by atoms with Crippen LogP contribution in [-0.4, -0.2) is 43.5 Å². The summed E-state index contributed by atoms with van der Waals surface area (Å²) < 4.78 is 23.5. The lowest BCUT2D eigenvalue weighted by Crippen LogP contribution is -2.55. The number of nitrogens with zero attached hydrogens (tertiary/aromatic N) is 2. The zero-order chi connectivity index (χ0) is 16.5. The van der Waals surface area contributed by atoms with Gasteiger partial charge in [-0.25, -0.2) is 18.1 Å². The van der Waals surface area contributed by atoms with Crippen LogP contribution in [0.25, 0.3) is 0 Å².